The monoisotopic (exact) mass is 369 g/mol. The lowest BCUT2D eigenvalue weighted by Gasteiger charge is -2.29. The molecule has 0 aliphatic carbocycles. The van der Waals surface area contributed by atoms with Crippen molar-refractivity contribution in [1.82, 2.24) is 15.0 Å². The average Bonchev–Trinajstić information content (AvgIpc) is 2.99. The van der Waals surface area contributed by atoms with Gasteiger partial charge in [-0.1, -0.05) is 5.21 Å². The molecule has 8 nitrogen and oxygen atoms in total. The molecule has 11 heteroatoms. The van der Waals surface area contributed by atoms with Crippen molar-refractivity contribution in [2.75, 3.05) is 11.4 Å². The van der Waals surface area contributed by atoms with Gasteiger partial charge in [0.15, 0.2) is 5.69 Å². The summed E-state index contributed by atoms with van der Waals surface area (Å²) in [5, 5.41) is 7.38. The quantitative estimate of drug-likeness (QED) is 0.874. The van der Waals surface area contributed by atoms with Crippen molar-refractivity contribution in [3.8, 4) is 5.75 Å². The summed E-state index contributed by atoms with van der Waals surface area (Å²) in [6.45, 7) is 0.170. The van der Waals surface area contributed by atoms with Gasteiger partial charge in [0.1, 0.15) is 12.3 Å². The van der Waals surface area contributed by atoms with Crippen molar-refractivity contribution < 1.29 is 27.5 Å². The molecule has 0 unspecified atom stereocenters. The summed E-state index contributed by atoms with van der Waals surface area (Å²) in [5.74, 6) is -1.43. The third-order valence-electron chi connectivity index (χ3n) is 3.72. The second kappa shape index (κ2) is 6.65. The van der Waals surface area contributed by atoms with Crippen molar-refractivity contribution in [2.45, 2.75) is 25.7 Å². The van der Waals surface area contributed by atoms with Crippen LogP contribution in [0.5, 0.6) is 5.75 Å². The molecule has 0 saturated carbocycles. The van der Waals surface area contributed by atoms with E-state index >= 15 is 0 Å². The Hall–Kier alpha value is -3.11. The number of alkyl halides is 3. The first kappa shape index (κ1) is 17.7. The van der Waals surface area contributed by atoms with E-state index in [0.29, 0.717) is 30.6 Å². The summed E-state index contributed by atoms with van der Waals surface area (Å²) in [7, 11) is 0. The predicted molar refractivity (Wildman–Crippen MR) is 82.3 cm³/mol. The minimum Gasteiger partial charge on any atom is -0.406 e. The van der Waals surface area contributed by atoms with Crippen LogP contribution in [0, 0.1) is 0 Å². The minimum atomic E-state index is -4.78. The number of aromatic nitrogens is 3. The Bertz CT molecular complexity index is 849. The number of primary amides is 1. The van der Waals surface area contributed by atoms with Crippen LogP contribution in [0.3, 0.4) is 0 Å². The van der Waals surface area contributed by atoms with E-state index in [-0.39, 0.29) is 18.0 Å². The van der Waals surface area contributed by atoms with Crippen LogP contribution in [-0.2, 0) is 17.8 Å². The maximum Gasteiger partial charge on any atom is 0.573 e. The first-order valence-corrected chi connectivity index (χ1v) is 7.62. The van der Waals surface area contributed by atoms with Crippen LogP contribution < -0.4 is 15.4 Å². The second-order valence-corrected chi connectivity index (χ2v) is 5.67. The molecule has 1 aliphatic heterocycles. The van der Waals surface area contributed by atoms with Gasteiger partial charge >= 0.3 is 6.36 Å². The fourth-order valence-corrected chi connectivity index (χ4v) is 2.75. The number of ether oxygens (including phenoxy) is 1. The molecule has 0 bridgehead atoms. The molecule has 2 amide bonds. The molecule has 1 aromatic carbocycles. The molecule has 3 rings (SSSR count). The third-order valence-corrected chi connectivity index (χ3v) is 3.72. The van der Waals surface area contributed by atoms with Crippen molar-refractivity contribution in [2.24, 2.45) is 5.73 Å². The third kappa shape index (κ3) is 3.92. The van der Waals surface area contributed by atoms with Gasteiger partial charge in [0, 0.05) is 12.2 Å². The van der Waals surface area contributed by atoms with Crippen molar-refractivity contribution in [3.63, 3.8) is 0 Å². The largest absolute Gasteiger partial charge is 0.573 e. The number of nitrogens with zero attached hydrogens (tertiary/aromatic N) is 4. The van der Waals surface area contributed by atoms with Crippen LogP contribution in [-0.4, -0.2) is 39.7 Å². The topological polar surface area (TPSA) is 103 Å². The van der Waals surface area contributed by atoms with E-state index in [1.807, 2.05) is 0 Å². The number of hydrogen-bond donors (Lipinski definition) is 1. The van der Waals surface area contributed by atoms with Crippen LogP contribution in [0.4, 0.5) is 18.9 Å². The lowest BCUT2D eigenvalue weighted by molar-refractivity contribution is -0.274. The van der Waals surface area contributed by atoms with Crippen LogP contribution in [0.15, 0.2) is 24.4 Å². The molecule has 0 fully saturated rings. The summed E-state index contributed by atoms with van der Waals surface area (Å²) < 4.78 is 42.1. The SMILES string of the molecule is NC(=O)Cn1cc(C(=O)N2CCCc3cc(OC(F)(F)F)ccc32)nn1. The van der Waals surface area contributed by atoms with E-state index in [9.17, 15) is 22.8 Å². The zero-order chi connectivity index (χ0) is 18.9. The van der Waals surface area contributed by atoms with Gasteiger partial charge in [-0.3, -0.25) is 9.59 Å². The number of aryl methyl sites for hydroxylation is 1. The smallest absolute Gasteiger partial charge is 0.406 e. The predicted octanol–water partition coefficient (Wildman–Crippen LogP) is 1.25. The Balaban J connectivity index is 1.83. The lowest BCUT2D eigenvalue weighted by Crippen LogP contribution is -2.35. The number of benzene rings is 1. The molecule has 138 valence electrons. The Labute approximate surface area is 145 Å². The molecule has 26 heavy (non-hydrogen) atoms. The normalized spacial score (nSPS) is 14.0. The summed E-state index contributed by atoms with van der Waals surface area (Å²) in [6.07, 6.45) is -2.40. The van der Waals surface area contributed by atoms with Crippen LogP contribution in [0.1, 0.15) is 22.5 Å². The zero-order valence-corrected chi connectivity index (χ0v) is 13.4. The Morgan fingerprint density at radius 1 is 1.31 bits per heavy atom. The summed E-state index contributed by atoms with van der Waals surface area (Å²) >= 11 is 0. The fraction of sp³-hybridized carbons (Fsp3) is 0.333. The molecule has 2 heterocycles. The van der Waals surface area contributed by atoms with E-state index in [1.54, 1.807) is 0 Å². The highest BCUT2D eigenvalue weighted by molar-refractivity contribution is 6.05. The number of amides is 2. The van der Waals surface area contributed by atoms with E-state index < -0.39 is 18.2 Å². The van der Waals surface area contributed by atoms with Gasteiger partial charge < -0.3 is 15.4 Å². The van der Waals surface area contributed by atoms with Crippen LogP contribution >= 0.6 is 0 Å². The molecule has 0 radical (unpaired) electrons. The highest BCUT2D eigenvalue weighted by atomic mass is 19.4. The molecule has 0 saturated heterocycles. The van der Waals surface area contributed by atoms with Crippen LogP contribution in [0.2, 0.25) is 0 Å². The van der Waals surface area contributed by atoms with Crippen LogP contribution in [0.25, 0.3) is 0 Å². The number of anilines is 1. The highest BCUT2D eigenvalue weighted by Gasteiger charge is 2.32. The van der Waals surface area contributed by atoms with Gasteiger partial charge in [-0.15, -0.1) is 18.3 Å². The van der Waals surface area contributed by atoms with Gasteiger partial charge in [0.25, 0.3) is 5.91 Å². The van der Waals surface area contributed by atoms with Crippen molar-refractivity contribution in [1.29, 1.82) is 0 Å². The lowest BCUT2D eigenvalue weighted by atomic mass is 10.0. The van der Waals surface area contributed by atoms with Gasteiger partial charge in [-0.25, -0.2) is 4.68 Å². The molecule has 2 N–H and O–H groups in total. The fourth-order valence-electron chi connectivity index (χ4n) is 2.75. The maximum absolute atomic E-state index is 12.7. The highest BCUT2D eigenvalue weighted by Crippen LogP contribution is 2.33. The number of halogens is 3. The number of rotatable bonds is 4. The second-order valence-electron chi connectivity index (χ2n) is 5.67. The zero-order valence-electron chi connectivity index (χ0n) is 13.4. The van der Waals surface area contributed by atoms with Crippen molar-refractivity contribution >= 4 is 17.5 Å². The number of carbonyl (C=O) groups is 2. The summed E-state index contributed by atoms with van der Waals surface area (Å²) in [4.78, 5) is 25.0. The summed E-state index contributed by atoms with van der Waals surface area (Å²) in [5.41, 5.74) is 6.12. The van der Waals surface area contributed by atoms with Gasteiger partial charge in [0.2, 0.25) is 5.91 Å². The van der Waals surface area contributed by atoms with E-state index in [1.165, 1.54) is 23.2 Å². The number of hydrogen-bond acceptors (Lipinski definition) is 5. The summed E-state index contributed by atoms with van der Waals surface area (Å²) in [6, 6.07) is 3.83. The molecule has 0 atom stereocenters. The average molecular weight is 369 g/mol. The molecular weight excluding hydrogens is 355 g/mol. The first-order chi connectivity index (χ1) is 12.2. The maximum atomic E-state index is 12.7. The van der Waals surface area contributed by atoms with E-state index in [0.717, 1.165) is 10.7 Å². The molecule has 2 aromatic rings. The Morgan fingerprint density at radius 2 is 2.08 bits per heavy atom. The molecule has 1 aliphatic rings. The van der Waals surface area contributed by atoms with Gasteiger partial charge in [-0.2, -0.15) is 0 Å². The standard InChI is InChI=1S/C15H14F3N5O3/c16-15(17,18)26-10-3-4-12-9(6-10)2-1-5-23(12)14(25)11-7-22(21-20-11)8-13(19)24/h3-4,6-7H,1-2,5,8H2,(H2,19,24). The minimum absolute atomic E-state index is 0.00900. The Morgan fingerprint density at radius 3 is 2.77 bits per heavy atom. The first-order valence-electron chi connectivity index (χ1n) is 7.62. The number of fused-ring (bicyclic) bond motifs is 1. The van der Waals surface area contributed by atoms with E-state index in [4.69, 9.17) is 5.73 Å². The molecular formula is C15H14F3N5O3. The van der Waals surface area contributed by atoms with Crippen molar-refractivity contribution in [3.05, 3.63) is 35.7 Å². The molecule has 0 spiro atoms. The Kier molecular flexibility index (Phi) is 4.53. The van der Waals surface area contributed by atoms with Gasteiger partial charge in [0.05, 0.1) is 6.20 Å². The van der Waals surface area contributed by atoms with Gasteiger partial charge in [-0.05, 0) is 36.6 Å². The number of carbonyl (C=O) groups excluding carboxylic acids is 2. The number of nitrogens with two attached hydrogens (primary N) is 1. The van der Waals surface area contributed by atoms with E-state index in [2.05, 4.69) is 15.0 Å². The molecule has 1 aromatic heterocycles.